The molecule has 0 N–H and O–H groups in total. The first-order valence-corrected chi connectivity index (χ1v) is 7.71. The van der Waals surface area contributed by atoms with Crippen LogP contribution in [-0.2, 0) is 11.2 Å². The van der Waals surface area contributed by atoms with E-state index in [9.17, 15) is 4.79 Å². The lowest BCUT2D eigenvalue weighted by atomic mass is 10.1. The van der Waals surface area contributed by atoms with Crippen molar-refractivity contribution >= 4 is 17.2 Å². The molecule has 1 aliphatic heterocycles. The first kappa shape index (κ1) is 14.8. The van der Waals surface area contributed by atoms with Crippen LogP contribution in [0, 0.1) is 5.92 Å². The van der Waals surface area contributed by atoms with E-state index in [1.165, 1.54) is 0 Å². The number of thiazole rings is 1. The van der Waals surface area contributed by atoms with Gasteiger partial charge < -0.3 is 4.90 Å². The van der Waals surface area contributed by atoms with Gasteiger partial charge in [0.1, 0.15) is 0 Å². The highest BCUT2D eigenvalue weighted by Gasteiger charge is 2.28. The molecule has 0 saturated carbocycles. The molecule has 0 radical (unpaired) electrons. The van der Waals surface area contributed by atoms with Gasteiger partial charge in [0.2, 0.25) is 5.91 Å². The number of carbonyl (C=O) groups excluding carboxylic acids is 1. The second kappa shape index (κ2) is 6.72. The van der Waals surface area contributed by atoms with Crippen molar-refractivity contribution in [2.24, 2.45) is 11.0 Å². The highest BCUT2D eigenvalue weighted by atomic mass is 32.1. The Morgan fingerprint density at radius 1 is 1.65 bits per heavy atom. The van der Waals surface area contributed by atoms with Crippen LogP contribution in [0.4, 0.5) is 0 Å². The molecule has 0 bridgehead atoms. The third kappa shape index (κ3) is 3.71. The van der Waals surface area contributed by atoms with Gasteiger partial charge in [-0.1, -0.05) is 19.0 Å². The van der Waals surface area contributed by atoms with E-state index in [2.05, 4.69) is 34.2 Å². The van der Waals surface area contributed by atoms with Crippen molar-refractivity contribution in [3.05, 3.63) is 26.5 Å². The number of carbonyl (C=O) groups is 1. The Hall–Kier alpha value is -1.59. The number of hydrogen-bond donors (Lipinski definition) is 0. The van der Waals surface area contributed by atoms with Gasteiger partial charge in [0.05, 0.1) is 10.7 Å². The van der Waals surface area contributed by atoms with Crippen LogP contribution in [0.25, 0.3) is 10.4 Å². The Balaban J connectivity index is 1.84. The van der Waals surface area contributed by atoms with Gasteiger partial charge in [-0.3, -0.25) is 4.79 Å². The van der Waals surface area contributed by atoms with Gasteiger partial charge in [-0.05, 0) is 11.4 Å². The predicted molar refractivity (Wildman–Crippen MR) is 78.6 cm³/mol. The van der Waals surface area contributed by atoms with Crippen LogP contribution < -0.4 is 0 Å². The molecule has 1 atom stereocenters. The van der Waals surface area contributed by atoms with Crippen molar-refractivity contribution < 1.29 is 4.79 Å². The van der Waals surface area contributed by atoms with Gasteiger partial charge in [-0.25, -0.2) is 4.98 Å². The quantitative estimate of drug-likeness (QED) is 0.459. The Labute approximate surface area is 122 Å². The fourth-order valence-corrected chi connectivity index (χ4v) is 3.17. The van der Waals surface area contributed by atoms with Crippen LogP contribution in [0.3, 0.4) is 0 Å². The van der Waals surface area contributed by atoms with Crippen molar-refractivity contribution in [3.8, 4) is 0 Å². The van der Waals surface area contributed by atoms with E-state index >= 15 is 0 Å². The van der Waals surface area contributed by atoms with Gasteiger partial charge in [0.25, 0.3) is 0 Å². The molecule has 1 unspecified atom stereocenters. The Morgan fingerprint density at radius 3 is 3.10 bits per heavy atom. The van der Waals surface area contributed by atoms with E-state index < -0.39 is 0 Å². The maximum atomic E-state index is 11.9. The number of hydrogen-bond acceptors (Lipinski definition) is 4. The highest BCUT2D eigenvalue weighted by Crippen LogP contribution is 2.21. The molecule has 0 aliphatic carbocycles. The van der Waals surface area contributed by atoms with Gasteiger partial charge in [0.15, 0.2) is 0 Å². The molecule has 7 heteroatoms. The van der Waals surface area contributed by atoms with Crippen LogP contribution in [0.15, 0.2) is 10.5 Å². The molecular formula is C13H19N5OS. The molecule has 0 aromatic carbocycles. The summed E-state index contributed by atoms with van der Waals surface area (Å²) in [6.45, 7) is 6.07. The van der Waals surface area contributed by atoms with Crippen molar-refractivity contribution in [3.63, 3.8) is 0 Å². The summed E-state index contributed by atoms with van der Waals surface area (Å²) in [6.07, 6.45) is 1.29. The summed E-state index contributed by atoms with van der Waals surface area (Å²) in [6, 6.07) is 0. The molecule has 1 saturated heterocycles. The molecule has 0 spiro atoms. The smallest absolute Gasteiger partial charge is 0.222 e. The lowest BCUT2D eigenvalue weighted by Crippen LogP contribution is -2.27. The average Bonchev–Trinajstić information content (AvgIpc) is 3.01. The minimum absolute atomic E-state index is 0.155. The molecule has 1 aromatic heterocycles. The molecule has 1 aliphatic rings. The fraction of sp³-hybridized carbons (Fsp3) is 0.692. The van der Waals surface area contributed by atoms with E-state index in [4.69, 9.17) is 5.53 Å². The molecule has 1 aromatic rings. The molecule has 20 heavy (non-hydrogen) atoms. The summed E-state index contributed by atoms with van der Waals surface area (Å²) in [5.41, 5.74) is 9.37. The first-order chi connectivity index (χ1) is 9.60. The number of likely N-dealkylation sites (tertiary alicyclic amines) is 1. The van der Waals surface area contributed by atoms with E-state index in [1.54, 1.807) is 11.3 Å². The zero-order chi connectivity index (χ0) is 14.5. The molecule has 1 amide bonds. The van der Waals surface area contributed by atoms with Gasteiger partial charge in [0, 0.05) is 48.7 Å². The van der Waals surface area contributed by atoms with E-state index in [1.807, 2.05) is 4.90 Å². The van der Waals surface area contributed by atoms with E-state index in [-0.39, 0.29) is 11.8 Å². The van der Waals surface area contributed by atoms with Crippen LogP contribution in [0.1, 0.15) is 36.9 Å². The number of rotatable bonds is 6. The maximum absolute atomic E-state index is 11.9. The predicted octanol–water partition coefficient (Wildman–Crippen LogP) is 2.97. The highest BCUT2D eigenvalue weighted by molar-refractivity contribution is 7.09. The number of azide groups is 1. The van der Waals surface area contributed by atoms with Crippen LogP contribution >= 0.6 is 11.3 Å². The number of amides is 1. The molecular weight excluding hydrogens is 274 g/mol. The summed E-state index contributed by atoms with van der Waals surface area (Å²) >= 11 is 1.68. The first-order valence-electron chi connectivity index (χ1n) is 6.83. The second-order valence-corrected chi connectivity index (χ2v) is 6.29. The zero-order valence-corrected chi connectivity index (χ0v) is 12.6. The van der Waals surface area contributed by atoms with Gasteiger partial charge >= 0.3 is 0 Å². The number of nitrogens with zero attached hydrogens (tertiary/aromatic N) is 5. The SMILES string of the molecule is CC(C)c1nc(CCN2CC(CN=[N+]=[N-])CC2=O)cs1. The summed E-state index contributed by atoms with van der Waals surface area (Å²) < 4.78 is 0. The summed E-state index contributed by atoms with van der Waals surface area (Å²) in [5, 5.41) is 6.78. The number of aromatic nitrogens is 1. The van der Waals surface area contributed by atoms with Gasteiger partial charge in [-0.15, -0.1) is 11.3 Å². The molecule has 2 rings (SSSR count). The summed E-state index contributed by atoms with van der Waals surface area (Å²) in [4.78, 5) is 21.0. The fourth-order valence-electron chi connectivity index (χ4n) is 2.30. The lowest BCUT2D eigenvalue weighted by molar-refractivity contribution is -0.127. The molecule has 1 fully saturated rings. The van der Waals surface area contributed by atoms with Crippen molar-refractivity contribution in [1.29, 1.82) is 0 Å². The standard InChI is InChI=1S/C13H19N5OS/c1-9(2)13-16-11(8-20-13)3-4-18-7-10(5-12(18)19)6-15-17-14/h8-10H,3-7H2,1-2H3. The average molecular weight is 293 g/mol. The van der Waals surface area contributed by atoms with Gasteiger partial charge in [-0.2, -0.15) is 0 Å². The summed E-state index contributed by atoms with van der Waals surface area (Å²) in [7, 11) is 0. The van der Waals surface area contributed by atoms with Crippen LogP contribution in [-0.4, -0.2) is 35.4 Å². The zero-order valence-electron chi connectivity index (χ0n) is 11.8. The monoisotopic (exact) mass is 293 g/mol. The molecule has 6 nitrogen and oxygen atoms in total. The minimum atomic E-state index is 0.155. The van der Waals surface area contributed by atoms with E-state index in [0.717, 1.165) is 17.1 Å². The molecule has 108 valence electrons. The minimum Gasteiger partial charge on any atom is -0.342 e. The third-order valence-corrected chi connectivity index (χ3v) is 4.59. The largest absolute Gasteiger partial charge is 0.342 e. The van der Waals surface area contributed by atoms with Crippen molar-refractivity contribution in [2.45, 2.75) is 32.6 Å². The Bertz CT molecular complexity index is 521. The molecule has 2 heterocycles. The van der Waals surface area contributed by atoms with Crippen LogP contribution in [0.2, 0.25) is 0 Å². The van der Waals surface area contributed by atoms with E-state index in [0.29, 0.717) is 32.0 Å². The summed E-state index contributed by atoms with van der Waals surface area (Å²) in [5.74, 6) is 0.776. The second-order valence-electron chi connectivity index (χ2n) is 5.41. The maximum Gasteiger partial charge on any atom is 0.222 e. The Morgan fingerprint density at radius 2 is 2.45 bits per heavy atom. The topological polar surface area (TPSA) is 82.0 Å². The van der Waals surface area contributed by atoms with Crippen LogP contribution in [0.5, 0.6) is 0 Å². The van der Waals surface area contributed by atoms with Crippen molar-refractivity contribution in [1.82, 2.24) is 9.88 Å². The van der Waals surface area contributed by atoms with Crippen molar-refractivity contribution in [2.75, 3.05) is 19.6 Å². The lowest BCUT2D eigenvalue weighted by Gasteiger charge is -2.15. The third-order valence-electron chi connectivity index (χ3n) is 3.40. The Kier molecular flexibility index (Phi) is 4.98. The normalized spacial score (nSPS) is 18.6.